The van der Waals surface area contributed by atoms with Crippen molar-refractivity contribution in [2.24, 2.45) is 7.05 Å². The molecule has 0 spiro atoms. The molecule has 0 saturated carbocycles. The van der Waals surface area contributed by atoms with Crippen molar-refractivity contribution < 1.29 is 0 Å². The average Bonchev–Trinajstić information content (AvgIpc) is 3.15. The summed E-state index contributed by atoms with van der Waals surface area (Å²) in [6.07, 6.45) is 1.58. The summed E-state index contributed by atoms with van der Waals surface area (Å²) >= 11 is 0. The summed E-state index contributed by atoms with van der Waals surface area (Å²) in [5, 5.41) is 12.3. The van der Waals surface area contributed by atoms with Gasteiger partial charge in [0, 0.05) is 13.0 Å². The molecular formula is C19H28N6. The molecule has 0 aliphatic rings. The molecule has 2 aromatic heterocycles. The maximum absolute atomic E-state index is 4.20. The second-order valence-electron chi connectivity index (χ2n) is 6.75. The molecule has 0 radical (unpaired) electrons. The molecule has 0 bridgehead atoms. The summed E-state index contributed by atoms with van der Waals surface area (Å²) in [6, 6.07) is 10.4. The zero-order valence-corrected chi connectivity index (χ0v) is 16.0. The summed E-state index contributed by atoms with van der Waals surface area (Å²) in [6.45, 7) is 11.4. The third-order valence-corrected chi connectivity index (χ3v) is 3.94. The van der Waals surface area contributed by atoms with Gasteiger partial charge in [-0.1, -0.05) is 63.2 Å². The zero-order chi connectivity index (χ0) is 18.4. The smallest absolute Gasteiger partial charge is 0.138 e. The van der Waals surface area contributed by atoms with E-state index in [1.165, 1.54) is 11.3 Å². The van der Waals surface area contributed by atoms with Gasteiger partial charge >= 0.3 is 0 Å². The molecule has 2 heterocycles. The van der Waals surface area contributed by atoms with Gasteiger partial charge in [-0.05, 0) is 18.4 Å². The topological polar surface area (TPSA) is 61.4 Å². The van der Waals surface area contributed by atoms with Gasteiger partial charge < -0.3 is 0 Å². The van der Waals surface area contributed by atoms with Gasteiger partial charge in [-0.15, -0.1) is 5.10 Å². The van der Waals surface area contributed by atoms with Crippen molar-refractivity contribution in [2.75, 3.05) is 0 Å². The molecule has 0 aliphatic carbocycles. The minimum Gasteiger partial charge on any atom is -0.253 e. The van der Waals surface area contributed by atoms with Crippen LogP contribution in [0.5, 0.6) is 0 Å². The fourth-order valence-electron chi connectivity index (χ4n) is 2.82. The molecule has 0 N–H and O–H groups in total. The van der Waals surface area contributed by atoms with Crippen LogP contribution < -0.4 is 0 Å². The standard InChI is InChI=1S/C13H17N3.C6H11N3/c1-10(2)13-11(3)14-15-16(13)9-12-7-5-4-6-8-12;1-5(2)6-7-4-8-9(6)3/h4-8,10H,9H2,1-3H3;4-5H,1-3H3. The SMILES string of the molecule is CC(C)c1ncnn1C.Cc1nnn(Cc2ccccc2)c1C(C)C. The number of rotatable bonds is 4. The largest absolute Gasteiger partial charge is 0.253 e. The average molecular weight is 340 g/mol. The van der Waals surface area contributed by atoms with E-state index in [1.807, 2.05) is 36.9 Å². The first-order chi connectivity index (χ1) is 11.9. The minimum absolute atomic E-state index is 0.457. The van der Waals surface area contributed by atoms with Crippen LogP contribution in [0, 0.1) is 6.92 Å². The number of aromatic nitrogens is 6. The molecule has 6 nitrogen and oxygen atoms in total. The number of hydrogen-bond acceptors (Lipinski definition) is 4. The Bertz CT molecular complexity index is 770. The van der Waals surface area contributed by atoms with Crippen LogP contribution in [0.25, 0.3) is 0 Å². The first kappa shape index (κ1) is 18.8. The van der Waals surface area contributed by atoms with E-state index in [-0.39, 0.29) is 0 Å². The van der Waals surface area contributed by atoms with Gasteiger partial charge in [-0.2, -0.15) is 5.10 Å². The molecule has 0 fully saturated rings. The number of benzene rings is 1. The maximum atomic E-state index is 4.20. The van der Waals surface area contributed by atoms with Gasteiger partial charge in [-0.3, -0.25) is 4.68 Å². The molecule has 0 atom stereocenters. The van der Waals surface area contributed by atoms with Gasteiger partial charge in [0.1, 0.15) is 12.2 Å². The Hall–Kier alpha value is -2.50. The van der Waals surface area contributed by atoms with Crippen molar-refractivity contribution in [3.63, 3.8) is 0 Å². The molecule has 25 heavy (non-hydrogen) atoms. The van der Waals surface area contributed by atoms with Crippen LogP contribution >= 0.6 is 0 Å². The van der Waals surface area contributed by atoms with Crippen LogP contribution in [0.3, 0.4) is 0 Å². The lowest BCUT2D eigenvalue weighted by Crippen LogP contribution is -2.08. The Morgan fingerprint density at radius 1 is 1.00 bits per heavy atom. The van der Waals surface area contributed by atoms with E-state index in [0.29, 0.717) is 11.8 Å². The molecule has 3 rings (SSSR count). The van der Waals surface area contributed by atoms with E-state index in [1.54, 1.807) is 11.0 Å². The second kappa shape index (κ2) is 8.55. The predicted octanol–water partition coefficient (Wildman–Crippen LogP) is 3.70. The number of hydrogen-bond donors (Lipinski definition) is 0. The van der Waals surface area contributed by atoms with Gasteiger partial charge in [0.2, 0.25) is 0 Å². The maximum Gasteiger partial charge on any atom is 0.138 e. The number of nitrogens with zero attached hydrogens (tertiary/aromatic N) is 6. The molecule has 3 aromatic rings. The van der Waals surface area contributed by atoms with Gasteiger partial charge in [-0.25, -0.2) is 9.67 Å². The van der Waals surface area contributed by atoms with Crippen LogP contribution in [0.15, 0.2) is 36.7 Å². The first-order valence-corrected chi connectivity index (χ1v) is 8.68. The zero-order valence-electron chi connectivity index (χ0n) is 16.0. The molecule has 0 saturated heterocycles. The van der Waals surface area contributed by atoms with E-state index in [2.05, 4.69) is 60.2 Å². The number of aryl methyl sites for hydroxylation is 2. The molecule has 6 heteroatoms. The molecule has 0 amide bonds. The molecule has 134 valence electrons. The molecule has 0 aliphatic heterocycles. The Kier molecular flexibility index (Phi) is 6.44. The highest BCUT2D eigenvalue weighted by Gasteiger charge is 2.12. The fourth-order valence-corrected chi connectivity index (χ4v) is 2.82. The Morgan fingerprint density at radius 2 is 1.68 bits per heavy atom. The molecule has 0 unspecified atom stereocenters. The Balaban J connectivity index is 0.000000212. The highest BCUT2D eigenvalue weighted by molar-refractivity contribution is 5.18. The van der Waals surface area contributed by atoms with Gasteiger partial charge in [0.25, 0.3) is 0 Å². The second-order valence-corrected chi connectivity index (χ2v) is 6.75. The van der Waals surface area contributed by atoms with E-state index in [9.17, 15) is 0 Å². The summed E-state index contributed by atoms with van der Waals surface area (Å²) in [5.74, 6) is 1.96. The fraction of sp³-hybridized carbons (Fsp3) is 0.474. The summed E-state index contributed by atoms with van der Waals surface area (Å²) in [4.78, 5) is 4.07. The van der Waals surface area contributed by atoms with E-state index >= 15 is 0 Å². The lowest BCUT2D eigenvalue weighted by Gasteiger charge is -2.09. The summed E-state index contributed by atoms with van der Waals surface area (Å²) < 4.78 is 3.79. The summed E-state index contributed by atoms with van der Waals surface area (Å²) in [7, 11) is 1.91. The molecule has 1 aromatic carbocycles. The van der Waals surface area contributed by atoms with Crippen LogP contribution in [0.2, 0.25) is 0 Å². The van der Waals surface area contributed by atoms with Gasteiger partial charge in [0.05, 0.1) is 17.9 Å². The molecular weight excluding hydrogens is 312 g/mol. The van der Waals surface area contributed by atoms with Crippen molar-refractivity contribution in [1.29, 1.82) is 0 Å². The van der Waals surface area contributed by atoms with Crippen LogP contribution in [0.4, 0.5) is 0 Å². The first-order valence-electron chi connectivity index (χ1n) is 8.68. The van der Waals surface area contributed by atoms with Crippen LogP contribution in [-0.4, -0.2) is 29.8 Å². The monoisotopic (exact) mass is 340 g/mol. The van der Waals surface area contributed by atoms with Crippen molar-refractivity contribution >= 4 is 0 Å². The van der Waals surface area contributed by atoms with Gasteiger partial charge in [0.15, 0.2) is 0 Å². The predicted molar refractivity (Wildman–Crippen MR) is 99.5 cm³/mol. The van der Waals surface area contributed by atoms with Crippen molar-refractivity contribution in [3.8, 4) is 0 Å². The third kappa shape index (κ3) is 4.98. The van der Waals surface area contributed by atoms with Crippen molar-refractivity contribution in [2.45, 2.75) is 53.0 Å². The van der Waals surface area contributed by atoms with E-state index in [4.69, 9.17) is 0 Å². The lowest BCUT2D eigenvalue weighted by molar-refractivity contribution is 0.597. The van der Waals surface area contributed by atoms with Crippen molar-refractivity contribution in [3.05, 3.63) is 59.4 Å². The highest BCUT2D eigenvalue weighted by Crippen LogP contribution is 2.17. The summed E-state index contributed by atoms with van der Waals surface area (Å²) in [5.41, 5.74) is 3.52. The Labute approximate surface area is 149 Å². The van der Waals surface area contributed by atoms with Crippen LogP contribution in [-0.2, 0) is 13.6 Å². The van der Waals surface area contributed by atoms with Crippen LogP contribution in [0.1, 0.15) is 62.3 Å². The Morgan fingerprint density at radius 3 is 2.16 bits per heavy atom. The normalized spacial score (nSPS) is 10.9. The quantitative estimate of drug-likeness (QED) is 0.726. The van der Waals surface area contributed by atoms with Crippen molar-refractivity contribution in [1.82, 2.24) is 29.8 Å². The lowest BCUT2D eigenvalue weighted by atomic mass is 10.1. The van der Waals surface area contributed by atoms with E-state index in [0.717, 1.165) is 18.1 Å². The highest BCUT2D eigenvalue weighted by atomic mass is 15.4. The van der Waals surface area contributed by atoms with E-state index < -0.39 is 0 Å². The minimum atomic E-state index is 0.457. The third-order valence-electron chi connectivity index (χ3n) is 3.94.